The predicted molar refractivity (Wildman–Crippen MR) is 125 cm³/mol. The van der Waals surface area contributed by atoms with Crippen LogP contribution in [0.1, 0.15) is 45.8 Å². The molecule has 5 rings (SSSR count). The van der Waals surface area contributed by atoms with Gasteiger partial charge in [-0.2, -0.15) is 5.10 Å². The van der Waals surface area contributed by atoms with Gasteiger partial charge in [-0.05, 0) is 38.8 Å². The number of amides is 1. The number of halogens is 2. The number of ether oxygens (including phenoxy) is 1. The van der Waals surface area contributed by atoms with Crippen molar-refractivity contribution < 1.29 is 19.0 Å². The summed E-state index contributed by atoms with van der Waals surface area (Å²) in [5, 5.41) is 14.3. The molecule has 1 aromatic carbocycles. The first-order chi connectivity index (χ1) is 16.4. The van der Waals surface area contributed by atoms with Crippen molar-refractivity contribution in [2.75, 3.05) is 26.2 Å². The number of benzene rings is 1. The summed E-state index contributed by atoms with van der Waals surface area (Å²) >= 11 is 6.33. The van der Waals surface area contributed by atoms with Crippen molar-refractivity contribution in [3.05, 3.63) is 57.2 Å². The smallest absolute Gasteiger partial charge is 0.258 e. The van der Waals surface area contributed by atoms with Gasteiger partial charge in [0.25, 0.3) is 5.91 Å². The quantitative estimate of drug-likeness (QED) is 0.575. The van der Waals surface area contributed by atoms with E-state index in [1.807, 2.05) is 13.8 Å². The van der Waals surface area contributed by atoms with Crippen LogP contribution in [0.15, 0.2) is 18.2 Å². The fourth-order valence-corrected chi connectivity index (χ4v) is 4.89. The highest BCUT2D eigenvalue weighted by Crippen LogP contribution is 2.32. The minimum Gasteiger partial charge on any atom is -0.488 e. The molecule has 1 unspecified atom stereocenters. The van der Waals surface area contributed by atoms with Crippen LogP contribution in [0.4, 0.5) is 4.39 Å². The van der Waals surface area contributed by atoms with E-state index in [0.29, 0.717) is 42.3 Å². The van der Waals surface area contributed by atoms with Gasteiger partial charge in [-0.25, -0.2) is 13.9 Å². The van der Waals surface area contributed by atoms with E-state index in [4.69, 9.17) is 21.4 Å². The van der Waals surface area contributed by atoms with Gasteiger partial charge in [0.05, 0.1) is 40.8 Å². The van der Waals surface area contributed by atoms with Gasteiger partial charge in [-0.15, -0.1) is 0 Å². The van der Waals surface area contributed by atoms with Crippen molar-refractivity contribution in [1.82, 2.24) is 24.4 Å². The summed E-state index contributed by atoms with van der Waals surface area (Å²) in [7, 11) is 0. The van der Waals surface area contributed by atoms with E-state index in [1.54, 1.807) is 9.42 Å². The van der Waals surface area contributed by atoms with Crippen molar-refractivity contribution in [2.24, 2.45) is 0 Å². The Bertz CT molecular complexity index is 1260. The molecule has 8 nitrogen and oxygen atoms in total. The van der Waals surface area contributed by atoms with Gasteiger partial charge in [-0.1, -0.05) is 11.6 Å². The molecule has 4 heterocycles. The van der Waals surface area contributed by atoms with E-state index < -0.39 is 5.82 Å². The van der Waals surface area contributed by atoms with Crippen LogP contribution in [0, 0.1) is 19.7 Å². The van der Waals surface area contributed by atoms with Gasteiger partial charge >= 0.3 is 0 Å². The number of aryl methyl sites for hydroxylation is 2. The molecule has 2 aliphatic rings. The Morgan fingerprint density at radius 3 is 2.94 bits per heavy atom. The van der Waals surface area contributed by atoms with Crippen molar-refractivity contribution in [3.8, 4) is 5.75 Å². The highest BCUT2D eigenvalue weighted by Gasteiger charge is 2.32. The Morgan fingerprint density at radius 2 is 2.15 bits per heavy atom. The molecular formula is C24H27ClFN5O3. The van der Waals surface area contributed by atoms with Crippen LogP contribution < -0.4 is 4.74 Å². The number of aromatic nitrogens is 3. The van der Waals surface area contributed by atoms with Crippen molar-refractivity contribution in [3.63, 3.8) is 0 Å². The van der Waals surface area contributed by atoms with E-state index in [9.17, 15) is 9.18 Å². The molecule has 10 heteroatoms. The molecule has 0 aliphatic carbocycles. The lowest BCUT2D eigenvalue weighted by Gasteiger charge is -2.21. The average Bonchev–Trinajstić information content (AvgIpc) is 3.51. The summed E-state index contributed by atoms with van der Waals surface area (Å²) in [6.45, 7) is 6.91. The van der Waals surface area contributed by atoms with Crippen molar-refractivity contribution in [2.45, 2.75) is 45.9 Å². The molecule has 3 aromatic rings. The number of aliphatic hydroxyl groups is 1. The molecule has 0 radical (unpaired) electrons. The lowest BCUT2D eigenvalue weighted by atomic mass is 10.1. The first kappa shape index (κ1) is 23.0. The third-order valence-corrected chi connectivity index (χ3v) is 7.12. The van der Waals surface area contributed by atoms with Crippen molar-refractivity contribution in [1.29, 1.82) is 0 Å². The van der Waals surface area contributed by atoms with Crippen LogP contribution in [0.2, 0.25) is 5.02 Å². The number of carbonyl (C=O) groups excluding carboxylic acids is 1. The maximum atomic E-state index is 14.1. The van der Waals surface area contributed by atoms with Gasteiger partial charge in [0.2, 0.25) is 0 Å². The largest absolute Gasteiger partial charge is 0.488 e. The lowest BCUT2D eigenvalue weighted by molar-refractivity contribution is 0.0742. The van der Waals surface area contributed by atoms with Crippen LogP contribution in [-0.4, -0.2) is 67.8 Å². The zero-order valence-corrected chi connectivity index (χ0v) is 20.0. The summed E-state index contributed by atoms with van der Waals surface area (Å²) in [6.07, 6.45) is 1.36. The first-order valence-electron chi connectivity index (χ1n) is 11.5. The van der Waals surface area contributed by atoms with E-state index in [0.717, 1.165) is 42.2 Å². The second kappa shape index (κ2) is 9.13. The standard InChI is InChI=1S/C24H27ClFN5O3/c1-14-22(25)15(2)31-23(27-14)19-12-30(13-20(19)28-31)24(33)18-5-4-16(26)10-21(18)34-17-6-8-29(11-17)7-3-9-32/h4-5,10,17,32H,3,6-9,11-13H2,1-2H3. The minimum atomic E-state index is -0.448. The molecule has 180 valence electrons. The SMILES string of the molecule is Cc1nc2c3c(nn2c(C)c1Cl)CN(C(=O)c1ccc(F)cc1OC1CCN(CCCO)C1)C3. The number of aliphatic hydroxyl groups excluding tert-OH is 1. The van der Waals surface area contributed by atoms with E-state index in [-0.39, 0.29) is 24.4 Å². The van der Waals surface area contributed by atoms with Crippen molar-refractivity contribution >= 4 is 23.2 Å². The molecule has 1 saturated heterocycles. The van der Waals surface area contributed by atoms with Gasteiger partial charge in [0.1, 0.15) is 17.7 Å². The molecule has 1 amide bonds. The van der Waals surface area contributed by atoms with Crippen LogP contribution >= 0.6 is 11.6 Å². The van der Waals surface area contributed by atoms with E-state index in [2.05, 4.69) is 15.0 Å². The third kappa shape index (κ3) is 4.12. The Labute approximate surface area is 201 Å². The molecule has 0 bridgehead atoms. The fraction of sp³-hybridized carbons (Fsp3) is 0.458. The second-order valence-corrected chi connectivity index (χ2v) is 9.34. The monoisotopic (exact) mass is 487 g/mol. The Morgan fingerprint density at radius 1 is 1.32 bits per heavy atom. The second-order valence-electron chi connectivity index (χ2n) is 8.97. The average molecular weight is 488 g/mol. The topological polar surface area (TPSA) is 83.2 Å². The first-order valence-corrected chi connectivity index (χ1v) is 11.9. The summed E-state index contributed by atoms with van der Waals surface area (Å²) in [6, 6.07) is 4.05. The van der Waals surface area contributed by atoms with Crippen LogP contribution in [0.5, 0.6) is 5.75 Å². The van der Waals surface area contributed by atoms with Gasteiger partial charge in [0.15, 0.2) is 5.65 Å². The molecule has 2 aliphatic heterocycles. The number of fused-ring (bicyclic) bond motifs is 3. The Hall–Kier alpha value is -2.75. The number of likely N-dealkylation sites (tertiary alicyclic amines) is 1. The van der Waals surface area contributed by atoms with Crippen LogP contribution in [0.3, 0.4) is 0 Å². The number of rotatable bonds is 6. The maximum Gasteiger partial charge on any atom is 0.258 e. The predicted octanol–water partition coefficient (Wildman–Crippen LogP) is 3.13. The van der Waals surface area contributed by atoms with Crippen LogP contribution in [0.25, 0.3) is 5.65 Å². The number of hydrogen-bond donors (Lipinski definition) is 1. The number of nitrogens with zero attached hydrogens (tertiary/aromatic N) is 5. The summed E-state index contributed by atoms with van der Waals surface area (Å²) < 4.78 is 21.9. The third-order valence-electron chi connectivity index (χ3n) is 6.57. The molecule has 0 saturated carbocycles. The molecule has 1 atom stereocenters. The summed E-state index contributed by atoms with van der Waals surface area (Å²) in [5.74, 6) is -0.422. The molecular weight excluding hydrogens is 461 g/mol. The van der Waals surface area contributed by atoms with E-state index >= 15 is 0 Å². The minimum absolute atomic E-state index is 0.132. The Balaban J connectivity index is 1.36. The highest BCUT2D eigenvalue weighted by molar-refractivity contribution is 6.31. The van der Waals surface area contributed by atoms with Gasteiger partial charge in [0, 0.05) is 37.9 Å². The number of hydrogen-bond acceptors (Lipinski definition) is 6. The summed E-state index contributed by atoms with van der Waals surface area (Å²) in [4.78, 5) is 21.9. The van der Waals surface area contributed by atoms with Crippen LogP contribution in [-0.2, 0) is 13.1 Å². The maximum absolute atomic E-state index is 14.1. The summed E-state index contributed by atoms with van der Waals surface area (Å²) in [5.41, 5.74) is 4.25. The molecule has 0 spiro atoms. The molecule has 1 fully saturated rings. The highest BCUT2D eigenvalue weighted by atomic mass is 35.5. The molecule has 34 heavy (non-hydrogen) atoms. The van der Waals surface area contributed by atoms with Gasteiger partial charge in [-0.3, -0.25) is 9.69 Å². The van der Waals surface area contributed by atoms with E-state index in [1.165, 1.54) is 18.2 Å². The number of carbonyl (C=O) groups is 1. The molecule has 2 aromatic heterocycles. The van der Waals surface area contributed by atoms with Gasteiger partial charge < -0.3 is 14.7 Å². The lowest BCUT2D eigenvalue weighted by Crippen LogP contribution is -2.29. The zero-order valence-electron chi connectivity index (χ0n) is 19.2. The fourth-order valence-electron chi connectivity index (χ4n) is 4.77. The molecule has 1 N–H and O–H groups in total. The Kier molecular flexibility index (Phi) is 6.18. The normalized spacial score (nSPS) is 18.1. The zero-order chi connectivity index (χ0) is 24.0.